The molecule has 0 atom stereocenters. The predicted octanol–water partition coefficient (Wildman–Crippen LogP) is 2.25. The van der Waals surface area contributed by atoms with Gasteiger partial charge in [0.15, 0.2) is 0 Å². The number of hydrogen-bond acceptors (Lipinski definition) is 2. The zero-order chi connectivity index (χ0) is 12.7. The van der Waals surface area contributed by atoms with Gasteiger partial charge in [-0.15, -0.1) is 0 Å². The molecule has 0 N–H and O–H groups in total. The fourth-order valence-electron chi connectivity index (χ4n) is 3.02. The number of aryl methyl sites for hydroxylation is 1. The quantitative estimate of drug-likeness (QED) is 0.804. The van der Waals surface area contributed by atoms with Gasteiger partial charge < -0.3 is 9.47 Å². The first-order chi connectivity index (χ1) is 8.66. The number of carbonyl (C=O) groups is 1. The average molecular weight is 247 g/mol. The van der Waals surface area contributed by atoms with Crippen LogP contribution in [0.1, 0.15) is 56.1 Å². The van der Waals surface area contributed by atoms with Gasteiger partial charge in [-0.25, -0.2) is 4.98 Å². The maximum atomic E-state index is 11.4. The average Bonchev–Trinajstić information content (AvgIpc) is 3.13. The zero-order valence-electron chi connectivity index (χ0n) is 11.2. The molecule has 0 radical (unpaired) electrons. The summed E-state index contributed by atoms with van der Waals surface area (Å²) in [6, 6.07) is 0.540. The number of imidazole rings is 1. The van der Waals surface area contributed by atoms with Gasteiger partial charge in [0.25, 0.3) is 0 Å². The molecule has 4 heteroatoms. The van der Waals surface area contributed by atoms with Crippen molar-refractivity contribution in [3.8, 4) is 0 Å². The Morgan fingerprint density at radius 1 is 1.28 bits per heavy atom. The van der Waals surface area contributed by atoms with Crippen molar-refractivity contribution in [3.63, 3.8) is 0 Å². The number of rotatable bonds is 2. The second-order valence-electron chi connectivity index (χ2n) is 5.64. The van der Waals surface area contributed by atoms with E-state index in [1.807, 2.05) is 11.1 Å². The maximum Gasteiger partial charge on any atom is 0.219 e. The van der Waals surface area contributed by atoms with E-state index in [0.717, 1.165) is 25.9 Å². The van der Waals surface area contributed by atoms with Crippen molar-refractivity contribution in [2.45, 2.75) is 51.5 Å². The molecule has 2 aliphatic rings. The highest BCUT2D eigenvalue weighted by atomic mass is 16.2. The molecule has 2 heterocycles. The van der Waals surface area contributed by atoms with Crippen LogP contribution in [0.15, 0.2) is 6.20 Å². The molecule has 0 unspecified atom stereocenters. The lowest BCUT2D eigenvalue weighted by molar-refractivity contribution is -0.130. The van der Waals surface area contributed by atoms with Crippen molar-refractivity contribution >= 4 is 5.91 Å². The van der Waals surface area contributed by atoms with E-state index in [0.29, 0.717) is 12.0 Å². The molecule has 18 heavy (non-hydrogen) atoms. The van der Waals surface area contributed by atoms with E-state index in [1.165, 1.54) is 24.4 Å². The number of carbonyl (C=O) groups excluding carboxylic acids is 1. The summed E-state index contributed by atoms with van der Waals surface area (Å²) >= 11 is 0. The van der Waals surface area contributed by atoms with Crippen LogP contribution in [-0.2, 0) is 4.79 Å². The Labute approximate surface area is 108 Å². The summed E-state index contributed by atoms with van der Waals surface area (Å²) in [6.07, 6.45) is 6.73. The minimum atomic E-state index is 0.207. The Bertz CT molecular complexity index is 454. The van der Waals surface area contributed by atoms with E-state index in [4.69, 9.17) is 0 Å². The van der Waals surface area contributed by atoms with Crippen LogP contribution in [0.3, 0.4) is 0 Å². The second-order valence-corrected chi connectivity index (χ2v) is 5.64. The Kier molecular flexibility index (Phi) is 2.88. The maximum absolute atomic E-state index is 11.4. The molecule has 2 fully saturated rings. The second kappa shape index (κ2) is 4.41. The van der Waals surface area contributed by atoms with Crippen molar-refractivity contribution in [1.29, 1.82) is 0 Å². The molecule has 3 rings (SSSR count). The molecule has 1 aliphatic carbocycles. The highest BCUT2D eigenvalue weighted by Gasteiger charge is 2.32. The third-order valence-electron chi connectivity index (χ3n) is 4.23. The minimum Gasteiger partial charge on any atom is -0.343 e. The summed E-state index contributed by atoms with van der Waals surface area (Å²) in [5.41, 5.74) is 1.28. The molecule has 98 valence electrons. The van der Waals surface area contributed by atoms with Crippen molar-refractivity contribution in [1.82, 2.24) is 14.5 Å². The summed E-state index contributed by atoms with van der Waals surface area (Å²) in [6.45, 7) is 5.60. The van der Waals surface area contributed by atoms with Crippen LogP contribution in [0.2, 0.25) is 0 Å². The van der Waals surface area contributed by atoms with Crippen molar-refractivity contribution < 1.29 is 4.79 Å². The van der Waals surface area contributed by atoms with Crippen LogP contribution in [0.25, 0.3) is 0 Å². The van der Waals surface area contributed by atoms with Crippen molar-refractivity contribution in [2.24, 2.45) is 0 Å². The predicted molar refractivity (Wildman–Crippen MR) is 69.5 cm³/mol. The van der Waals surface area contributed by atoms with Gasteiger partial charge in [-0.3, -0.25) is 4.79 Å². The van der Waals surface area contributed by atoms with Crippen LogP contribution in [-0.4, -0.2) is 33.4 Å². The summed E-state index contributed by atoms with van der Waals surface area (Å²) in [7, 11) is 0. The first-order valence-corrected chi connectivity index (χ1v) is 6.96. The van der Waals surface area contributed by atoms with E-state index in [2.05, 4.69) is 16.5 Å². The number of hydrogen-bond donors (Lipinski definition) is 0. The largest absolute Gasteiger partial charge is 0.343 e. The molecule has 1 saturated heterocycles. The van der Waals surface area contributed by atoms with Crippen LogP contribution < -0.4 is 0 Å². The smallest absolute Gasteiger partial charge is 0.219 e. The number of aromatic nitrogens is 2. The van der Waals surface area contributed by atoms with Crippen molar-refractivity contribution in [3.05, 3.63) is 17.7 Å². The third kappa shape index (κ3) is 2.04. The lowest BCUT2D eigenvalue weighted by atomic mass is 10.0. The minimum absolute atomic E-state index is 0.207. The van der Waals surface area contributed by atoms with Crippen LogP contribution in [0, 0.1) is 6.92 Å². The van der Waals surface area contributed by atoms with Gasteiger partial charge in [-0.2, -0.15) is 0 Å². The highest BCUT2D eigenvalue weighted by molar-refractivity contribution is 5.73. The van der Waals surface area contributed by atoms with Gasteiger partial charge in [-0.1, -0.05) is 0 Å². The standard InChI is InChI=1S/C14H21N3O/c1-10-9-15-14(12-3-4-12)17(10)13-5-7-16(8-6-13)11(2)18/h9,12-13H,3-8H2,1-2H3. The molecule has 1 aliphatic heterocycles. The van der Waals surface area contributed by atoms with Gasteiger partial charge in [0.05, 0.1) is 0 Å². The van der Waals surface area contributed by atoms with E-state index >= 15 is 0 Å². The summed E-state index contributed by atoms with van der Waals surface area (Å²) in [5, 5.41) is 0. The number of nitrogens with zero attached hydrogens (tertiary/aromatic N) is 3. The van der Waals surface area contributed by atoms with E-state index in [1.54, 1.807) is 6.92 Å². The fraction of sp³-hybridized carbons (Fsp3) is 0.714. The Balaban J connectivity index is 1.76. The van der Waals surface area contributed by atoms with Crippen LogP contribution in [0.5, 0.6) is 0 Å². The first-order valence-electron chi connectivity index (χ1n) is 6.96. The SMILES string of the molecule is CC(=O)N1CCC(n2c(C)cnc2C2CC2)CC1. The lowest BCUT2D eigenvalue weighted by Crippen LogP contribution is -2.38. The molecule has 1 saturated carbocycles. The summed E-state index contributed by atoms with van der Waals surface area (Å²) in [4.78, 5) is 17.9. The molecule has 4 nitrogen and oxygen atoms in total. The van der Waals surface area contributed by atoms with Gasteiger partial charge in [0.2, 0.25) is 5.91 Å². The van der Waals surface area contributed by atoms with Crippen molar-refractivity contribution in [2.75, 3.05) is 13.1 Å². The molecular weight excluding hydrogens is 226 g/mol. The highest BCUT2D eigenvalue weighted by Crippen LogP contribution is 2.41. The molecule has 0 spiro atoms. The van der Waals surface area contributed by atoms with E-state index in [-0.39, 0.29) is 5.91 Å². The number of piperidine rings is 1. The van der Waals surface area contributed by atoms with E-state index < -0.39 is 0 Å². The Morgan fingerprint density at radius 2 is 1.94 bits per heavy atom. The number of amides is 1. The fourth-order valence-corrected chi connectivity index (χ4v) is 3.02. The molecule has 1 amide bonds. The van der Waals surface area contributed by atoms with Crippen LogP contribution >= 0.6 is 0 Å². The molecule has 1 aromatic rings. The third-order valence-corrected chi connectivity index (χ3v) is 4.23. The van der Waals surface area contributed by atoms with Gasteiger partial charge in [0, 0.05) is 43.9 Å². The zero-order valence-corrected chi connectivity index (χ0v) is 11.2. The monoisotopic (exact) mass is 247 g/mol. The van der Waals surface area contributed by atoms with Gasteiger partial charge in [-0.05, 0) is 32.6 Å². The summed E-state index contributed by atoms with van der Waals surface area (Å²) < 4.78 is 2.44. The first kappa shape index (κ1) is 11.8. The van der Waals surface area contributed by atoms with E-state index in [9.17, 15) is 4.79 Å². The summed E-state index contributed by atoms with van der Waals surface area (Å²) in [5.74, 6) is 2.19. The molecular formula is C14H21N3O. The molecule has 0 bridgehead atoms. The van der Waals surface area contributed by atoms with Gasteiger partial charge in [0.1, 0.15) is 5.82 Å². The van der Waals surface area contributed by atoms with Crippen LogP contribution in [0.4, 0.5) is 0 Å². The Morgan fingerprint density at radius 3 is 2.50 bits per heavy atom. The molecule has 1 aromatic heterocycles. The Hall–Kier alpha value is -1.32. The normalized spacial score (nSPS) is 21.3. The number of likely N-dealkylation sites (tertiary alicyclic amines) is 1. The topological polar surface area (TPSA) is 38.1 Å². The van der Waals surface area contributed by atoms with Gasteiger partial charge >= 0.3 is 0 Å². The molecule has 0 aromatic carbocycles. The lowest BCUT2D eigenvalue weighted by Gasteiger charge is -2.33.